The number of halogens is 3. The van der Waals surface area contributed by atoms with Crippen LogP contribution in [0.25, 0.3) is 11.3 Å². The van der Waals surface area contributed by atoms with E-state index < -0.39 is 66.8 Å². The van der Waals surface area contributed by atoms with Crippen molar-refractivity contribution in [2.24, 2.45) is 0 Å². The van der Waals surface area contributed by atoms with Gasteiger partial charge in [0.2, 0.25) is 0 Å². The first-order valence-corrected chi connectivity index (χ1v) is 14.1. The van der Waals surface area contributed by atoms with Gasteiger partial charge in [0.15, 0.2) is 6.10 Å². The number of aliphatic hydroxyl groups excluding tert-OH is 3. The second-order valence-corrected chi connectivity index (χ2v) is 11.3. The lowest BCUT2D eigenvalue weighted by Gasteiger charge is -2.46. The minimum absolute atomic E-state index is 0.117. The van der Waals surface area contributed by atoms with Gasteiger partial charge in [-0.1, -0.05) is 29.7 Å². The fourth-order valence-corrected chi connectivity index (χ4v) is 6.27. The molecule has 1 aliphatic carbocycles. The van der Waals surface area contributed by atoms with Crippen molar-refractivity contribution in [2.45, 2.75) is 75.2 Å². The Balaban J connectivity index is 1.55. The Bertz CT molecular complexity index is 1390. The van der Waals surface area contributed by atoms with Crippen LogP contribution in [0.15, 0.2) is 42.6 Å². The third kappa shape index (κ3) is 6.05. The van der Waals surface area contributed by atoms with Crippen LogP contribution in [-0.2, 0) is 14.3 Å². The summed E-state index contributed by atoms with van der Waals surface area (Å²) in [6.07, 6.45) is -1.87. The smallest absolute Gasteiger partial charge is 0.259 e. The molecule has 13 heteroatoms. The van der Waals surface area contributed by atoms with Crippen molar-refractivity contribution >= 4 is 23.2 Å². The van der Waals surface area contributed by atoms with Crippen molar-refractivity contribution in [1.29, 1.82) is 0 Å². The van der Waals surface area contributed by atoms with Gasteiger partial charge in [-0.25, -0.2) is 13.5 Å². The molecule has 1 saturated heterocycles. The molecule has 226 valence electrons. The second kappa shape index (κ2) is 12.7. The molecule has 2 aliphatic rings. The summed E-state index contributed by atoms with van der Waals surface area (Å²) in [6, 6.07) is 6.42. The largest absolute Gasteiger partial charge is 0.394 e. The summed E-state index contributed by atoms with van der Waals surface area (Å²) in [4.78, 5) is 15.9. The molecule has 42 heavy (non-hydrogen) atoms. The molecule has 2 heterocycles. The topological polar surface area (TPSA) is 130 Å². The number of hydrogen-bond acceptors (Lipinski definition) is 8. The summed E-state index contributed by atoms with van der Waals surface area (Å²) < 4.78 is 40.7. The average molecular weight is 607 g/mol. The lowest BCUT2D eigenvalue weighted by Crippen LogP contribution is -2.63. The van der Waals surface area contributed by atoms with E-state index in [4.69, 9.17) is 21.1 Å². The first-order valence-electron chi connectivity index (χ1n) is 13.7. The first-order chi connectivity index (χ1) is 20.1. The average Bonchev–Trinajstić information content (AvgIpc) is 3.43. The summed E-state index contributed by atoms with van der Waals surface area (Å²) in [5.41, 5.74) is 1.51. The quantitative estimate of drug-likeness (QED) is 0.374. The number of aryl methyl sites for hydroxylation is 1. The number of hydrogen-bond donors (Lipinski definition) is 3. The van der Waals surface area contributed by atoms with Gasteiger partial charge in [0.25, 0.3) is 5.91 Å². The standard InChI is InChI=1S/C29H33ClF2N4O6/c1-15-7-17(30)11-20(8-15)36(22-5-3-4-6-23(22)38)29(40)28-27(41-2)25(26(39)24(14-37)42-28)35-13-21(33-34-35)16-9-18(31)12-19(32)10-16/h7-13,22-28,37-39H,3-6,14H2,1-2H3/t22-,23-,24?,25?,26?,27?,28?/m0/s1. The van der Waals surface area contributed by atoms with Crippen LogP contribution in [0.3, 0.4) is 0 Å². The van der Waals surface area contributed by atoms with Gasteiger partial charge in [-0.2, -0.15) is 0 Å². The molecule has 1 aliphatic heterocycles. The number of aromatic nitrogens is 3. The normalized spacial score (nSPS) is 28.0. The Morgan fingerprint density at radius 3 is 2.50 bits per heavy atom. The highest BCUT2D eigenvalue weighted by Gasteiger charge is 2.52. The van der Waals surface area contributed by atoms with Gasteiger partial charge in [-0.15, -0.1) is 5.10 Å². The second-order valence-electron chi connectivity index (χ2n) is 10.8. The maximum Gasteiger partial charge on any atom is 0.259 e. The van der Waals surface area contributed by atoms with E-state index in [0.29, 0.717) is 23.6 Å². The van der Waals surface area contributed by atoms with Gasteiger partial charge in [-0.3, -0.25) is 4.79 Å². The molecule has 2 fully saturated rings. The van der Waals surface area contributed by atoms with Crippen LogP contribution in [0, 0.1) is 18.6 Å². The maximum absolute atomic E-state index is 14.5. The Morgan fingerprint density at radius 2 is 1.86 bits per heavy atom. The number of carbonyl (C=O) groups excluding carboxylic acids is 1. The Morgan fingerprint density at radius 1 is 1.14 bits per heavy atom. The number of rotatable bonds is 7. The summed E-state index contributed by atoms with van der Waals surface area (Å²) in [7, 11) is 1.34. The van der Waals surface area contributed by atoms with Gasteiger partial charge in [0.1, 0.15) is 41.7 Å². The summed E-state index contributed by atoms with van der Waals surface area (Å²) in [5.74, 6) is -2.15. The van der Waals surface area contributed by atoms with E-state index >= 15 is 0 Å². The zero-order valence-corrected chi connectivity index (χ0v) is 23.9. The molecule has 7 atom stereocenters. The molecule has 0 radical (unpaired) electrons. The van der Waals surface area contributed by atoms with E-state index in [1.807, 2.05) is 6.92 Å². The number of benzene rings is 2. The van der Waals surface area contributed by atoms with E-state index in [2.05, 4.69) is 10.3 Å². The Kier molecular flexibility index (Phi) is 9.21. The van der Waals surface area contributed by atoms with Crippen molar-refractivity contribution < 1.29 is 38.4 Å². The SMILES string of the molecule is COC1C(C(=O)N(c2cc(C)cc(Cl)c2)[C@H]2CCCC[C@@H]2O)OC(CO)C(O)C1n1cc(-c2cc(F)cc(F)c2)nn1. The van der Waals surface area contributed by atoms with Crippen LogP contribution in [0.1, 0.15) is 37.3 Å². The van der Waals surface area contributed by atoms with Crippen LogP contribution in [0.4, 0.5) is 14.5 Å². The van der Waals surface area contributed by atoms with Crippen LogP contribution in [0.2, 0.25) is 5.02 Å². The van der Waals surface area contributed by atoms with Crippen LogP contribution in [0.5, 0.6) is 0 Å². The molecule has 5 rings (SSSR count). The molecular formula is C29H33ClF2N4O6. The molecule has 0 bridgehead atoms. The summed E-state index contributed by atoms with van der Waals surface area (Å²) >= 11 is 6.37. The van der Waals surface area contributed by atoms with Crippen LogP contribution < -0.4 is 4.90 Å². The van der Waals surface area contributed by atoms with Crippen molar-refractivity contribution in [3.8, 4) is 11.3 Å². The van der Waals surface area contributed by atoms with E-state index in [-0.39, 0.29) is 11.3 Å². The van der Waals surface area contributed by atoms with Crippen molar-refractivity contribution in [3.63, 3.8) is 0 Å². The number of nitrogens with zero attached hydrogens (tertiary/aromatic N) is 4. The number of carbonyl (C=O) groups is 1. The van der Waals surface area contributed by atoms with Crippen molar-refractivity contribution in [2.75, 3.05) is 18.6 Å². The Labute approximate surface area is 246 Å². The number of anilines is 1. The van der Waals surface area contributed by atoms with Crippen LogP contribution >= 0.6 is 11.6 Å². The van der Waals surface area contributed by atoms with Crippen molar-refractivity contribution in [3.05, 3.63) is 64.8 Å². The molecule has 5 unspecified atom stereocenters. The highest BCUT2D eigenvalue weighted by molar-refractivity contribution is 6.31. The number of aliphatic hydroxyl groups is 3. The molecule has 1 amide bonds. The molecule has 3 N–H and O–H groups in total. The lowest BCUT2D eigenvalue weighted by atomic mass is 9.88. The highest BCUT2D eigenvalue weighted by Crippen LogP contribution is 2.37. The number of ether oxygens (including phenoxy) is 2. The van der Waals surface area contributed by atoms with E-state index in [1.54, 1.807) is 18.2 Å². The molecule has 1 aromatic heterocycles. The zero-order chi connectivity index (χ0) is 30.1. The molecule has 0 spiro atoms. The third-order valence-electron chi connectivity index (χ3n) is 7.92. The number of methoxy groups -OCH3 is 1. The molecule has 2 aromatic carbocycles. The maximum atomic E-state index is 14.5. The highest BCUT2D eigenvalue weighted by atomic mass is 35.5. The lowest BCUT2D eigenvalue weighted by molar-refractivity contribution is -0.211. The van der Waals surface area contributed by atoms with E-state index in [1.165, 1.54) is 22.9 Å². The first kappa shape index (κ1) is 30.5. The summed E-state index contributed by atoms with van der Waals surface area (Å²) in [5, 5.41) is 40.8. The van der Waals surface area contributed by atoms with Gasteiger partial charge in [0.05, 0.1) is 24.9 Å². The third-order valence-corrected chi connectivity index (χ3v) is 8.14. The Hall–Kier alpha value is -3.00. The van der Waals surface area contributed by atoms with E-state index in [0.717, 1.165) is 36.6 Å². The predicted molar refractivity (Wildman–Crippen MR) is 149 cm³/mol. The fourth-order valence-electron chi connectivity index (χ4n) is 5.98. The molecule has 1 saturated carbocycles. The molecule has 10 nitrogen and oxygen atoms in total. The minimum Gasteiger partial charge on any atom is -0.394 e. The van der Waals surface area contributed by atoms with E-state index in [9.17, 15) is 28.9 Å². The molecule has 3 aromatic rings. The van der Waals surface area contributed by atoms with Gasteiger partial charge < -0.3 is 29.7 Å². The number of amides is 1. The predicted octanol–water partition coefficient (Wildman–Crippen LogP) is 3.20. The monoisotopic (exact) mass is 606 g/mol. The minimum atomic E-state index is -1.40. The summed E-state index contributed by atoms with van der Waals surface area (Å²) in [6.45, 7) is 1.21. The van der Waals surface area contributed by atoms with Gasteiger partial charge in [0, 0.05) is 29.4 Å². The van der Waals surface area contributed by atoms with Gasteiger partial charge >= 0.3 is 0 Å². The fraction of sp³-hybridized carbons (Fsp3) is 0.483. The van der Waals surface area contributed by atoms with Gasteiger partial charge in [-0.05, 0) is 55.7 Å². The van der Waals surface area contributed by atoms with Crippen LogP contribution in [-0.4, -0.2) is 86.5 Å². The molecular weight excluding hydrogens is 574 g/mol. The zero-order valence-electron chi connectivity index (χ0n) is 23.1. The van der Waals surface area contributed by atoms with Crippen molar-refractivity contribution in [1.82, 2.24) is 15.0 Å².